The summed E-state index contributed by atoms with van der Waals surface area (Å²) in [6.07, 6.45) is 1.27. The van der Waals surface area contributed by atoms with Crippen LogP contribution in [0.2, 0.25) is 0 Å². The van der Waals surface area contributed by atoms with Crippen molar-refractivity contribution in [2.24, 2.45) is 5.10 Å². The number of hydrogen-bond donors (Lipinski definition) is 1. The number of carbonyl (C=O) groups is 1. The summed E-state index contributed by atoms with van der Waals surface area (Å²) in [5.41, 5.74) is 3.28. The average Bonchev–Trinajstić information content (AvgIpc) is 3.01. The van der Waals surface area contributed by atoms with Crippen LogP contribution in [0.1, 0.15) is 15.9 Å². The third-order valence-corrected chi connectivity index (χ3v) is 3.24. The Labute approximate surface area is 135 Å². The number of carbonyl (C=O) groups excluding carboxylic acids is 1. The molecular weight excluding hydrogens is 318 g/mol. The van der Waals surface area contributed by atoms with Crippen molar-refractivity contribution in [3.05, 3.63) is 57.6 Å². The number of rotatable bonds is 5. The largest absolute Gasteiger partial charge is 0.545 e. The highest BCUT2D eigenvalue weighted by Gasteiger charge is 2.22. The van der Waals surface area contributed by atoms with Crippen LogP contribution in [0.15, 0.2) is 41.5 Å². The summed E-state index contributed by atoms with van der Waals surface area (Å²) in [6.45, 7) is 0.0100. The minimum absolute atomic E-state index is 0.0100. The Hall–Kier alpha value is -3.62. The lowest BCUT2D eigenvalue weighted by Crippen LogP contribution is -2.21. The van der Waals surface area contributed by atoms with Crippen LogP contribution >= 0.6 is 0 Å². The Kier molecular flexibility index (Phi) is 3.98. The van der Waals surface area contributed by atoms with Crippen LogP contribution in [0, 0.1) is 10.1 Å². The first kappa shape index (κ1) is 15.3. The lowest BCUT2D eigenvalue weighted by atomic mass is 10.1. The van der Waals surface area contributed by atoms with E-state index in [1.807, 2.05) is 0 Å². The van der Waals surface area contributed by atoms with Gasteiger partial charge in [0.2, 0.25) is 6.79 Å². The van der Waals surface area contributed by atoms with Crippen LogP contribution in [-0.2, 0) is 0 Å². The molecule has 0 unspecified atom stereocenters. The Morgan fingerprint density at radius 2 is 1.88 bits per heavy atom. The number of carboxylic acids is 1. The van der Waals surface area contributed by atoms with Gasteiger partial charge in [0.1, 0.15) is 0 Å². The van der Waals surface area contributed by atoms with Crippen molar-refractivity contribution in [1.82, 2.24) is 0 Å². The molecule has 0 aliphatic carbocycles. The van der Waals surface area contributed by atoms with Crippen molar-refractivity contribution in [2.75, 3.05) is 12.2 Å². The summed E-state index contributed by atoms with van der Waals surface area (Å²) in [6, 6.07) is 8.45. The molecule has 9 nitrogen and oxygen atoms in total. The zero-order valence-electron chi connectivity index (χ0n) is 12.1. The summed E-state index contributed by atoms with van der Waals surface area (Å²) in [4.78, 5) is 21.2. The molecule has 9 heteroatoms. The van der Waals surface area contributed by atoms with E-state index in [0.29, 0.717) is 17.2 Å². The molecule has 1 N–H and O–H groups in total. The number of hydrogen-bond acceptors (Lipinski definition) is 8. The van der Waals surface area contributed by atoms with Crippen molar-refractivity contribution < 1.29 is 24.3 Å². The van der Waals surface area contributed by atoms with Crippen molar-refractivity contribution >= 4 is 23.6 Å². The van der Waals surface area contributed by atoms with Gasteiger partial charge in [0.25, 0.3) is 5.69 Å². The van der Waals surface area contributed by atoms with Crippen molar-refractivity contribution in [1.29, 1.82) is 0 Å². The molecule has 0 amide bonds. The molecule has 0 bridgehead atoms. The third-order valence-electron chi connectivity index (χ3n) is 3.24. The quantitative estimate of drug-likeness (QED) is 0.495. The van der Waals surface area contributed by atoms with Crippen molar-refractivity contribution in [3.63, 3.8) is 0 Å². The predicted molar refractivity (Wildman–Crippen MR) is 81.2 cm³/mol. The Morgan fingerprint density at radius 3 is 2.50 bits per heavy atom. The fourth-order valence-corrected chi connectivity index (χ4v) is 2.07. The smallest absolute Gasteiger partial charge is 0.282 e. The molecule has 1 aliphatic heterocycles. The molecule has 122 valence electrons. The summed E-state index contributed by atoms with van der Waals surface area (Å²) < 4.78 is 10.3. The fraction of sp³-hybridized carbons (Fsp3) is 0.0667. The first-order valence-corrected chi connectivity index (χ1v) is 6.73. The highest BCUT2D eigenvalue weighted by Crippen LogP contribution is 2.37. The molecule has 0 aromatic heterocycles. The summed E-state index contributed by atoms with van der Waals surface area (Å²) in [5, 5.41) is 25.7. The summed E-state index contributed by atoms with van der Waals surface area (Å²) >= 11 is 0. The maximum atomic E-state index is 11.1. The Morgan fingerprint density at radius 1 is 1.21 bits per heavy atom. The molecule has 0 fully saturated rings. The number of nitro groups is 1. The molecule has 24 heavy (non-hydrogen) atoms. The minimum atomic E-state index is -1.28. The molecule has 0 saturated heterocycles. The van der Waals surface area contributed by atoms with Gasteiger partial charge in [0.05, 0.1) is 34.4 Å². The van der Waals surface area contributed by atoms with Gasteiger partial charge in [-0.2, -0.15) is 5.10 Å². The minimum Gasteiger partial charge on any atom is -0.545 e. The first-order chi connectivity index (χ1) is 11.5. The van der Waals surface area contributed by atoms with Gasteiger partial charge in [-0.15, -0.1) is 0 Å². The number of fused-ring (bicyclic) bond motifs is 1. The first-order valence-electron chi connectivity index (χ1n) is 6.73. The van der Waals surface area contributed by atoms with Crippen LogP contribution in [0.5, 0.6) is 11.5 Å². The third kappa shape index (κ3) is 3.09. The number of benzene rings is 2. The molecule has 0 radical (unpaired) electrons. The van der Waals surface area contributed by atoms with Gasteiger partial charge in [-0.25, -0.2) is 0 Å². The molecule has 2 aromatic rings. The molecule has 0 spiro atoms. The van der Waals surface area contributed by atoms with E-state index in [1.54, 1.807) is 0 Å². The standard InChI is InChI=1S/C15H11N3O6/c19-15(20)9-1-3-11(4-2-9)17-16-7-10-5-13-14(24-8-23-13)6-12(10)18(21)22/h1-7,17H,8H2,(H,19,20)/p-1/b16-7-. The predicted octanol–water partition coefficient (Wildman–Crippen LogP) is 1.13. The van der Waals surface area contributed by atoms with E-state index in [0.717, 1.165) is 0 Å². The van der Waals surface area contributed by atoms with Gasteiger partial charge in [-0.3, -0.25) is 15.5 Å². The lowest BCUT2D eigenvalue weighted by molar-refractivity contribution is -0.385. The zero-order chi connectivity index (χ0) is 17.1. The van der Waals surface area contributed by atoms with Crippen LogP contribution in [0.25, 0.3) is 0 Å². The SMILES string of the molecule is O=C([O-])c1ccc(N/N=C\c2cc3c(cc2[N+](=O)[O-])OCO3)cc1. The fourth-order valence-electron chi connectivity index (χ4n) is 2.07. The second-order valence-corrected chi connectivity index (χ2v) is 4.76. The number of nitro benzene ring substituents is 1. The maximum absolute atomic E-state index is 11.1. The van der Waals surface area contributed by atoms with Gasteiger partial charge in [0, 0.05) is 0 Å². The summed E-state index contributed by atoms with van der Waals surface area (Å²) in [7, 11) is 0. The number of hydrazone groups is 1. The monoisotopic (exact) mass is 328 g/mol. The highest BCUT2D eigenvalue weighted by atomic mass is 16.7. The van der Waals surface area contributed by atoms with Gasteiger partial charge in [-0.1, -0.05) is 12.1 Å². The molecule has 3 rings (SSSR count). The van der Waals surface area contributed by atoms with Gasteiger partial charge in [-0.05, 0) is 23.8 Å². The number of anilines is 1. The van der Waals surface area contributed by atoms with Crippen molar-refractivity contribution in [2.45, 2.75) is 0 Å². The van der Waals surface area contributed by atoms with E-state index in [1.165, 1.54) is 42.6 Å². The lowest BCUT2D eigenvalue weighted by Gasteiger charge is -2.04. The van der Waals surface area contributed by atoms with E-state index in [-0.39, 0.29) is 23.6 Å². The van der Waals surface area contributed by atoms with E-state index in [2.05, 4.69) is 10.5 Å². The van der Waals surface area contributed by atoms with Gasteiger partial charge < -0.3 is 19.4 Å². The van der Waals surface area contributed by atoms with E-state index >= 15 is 0 Å². The molecule has 0 saturated carbocycles. The van der Waals surface area contributed by atoms with E-state index in [4.69, 9.17) is 9.47 Å². The van der Waals surface area contributed by atoms with Crippen LogP contribution < -0.4 is 20.0 Å². The normalized spacial score (nSPS) is 12.3. The van der Waals surface area contributed by atoms with Crippen LogP contribution in [-0.4, -0.2) is 23.9 Å². The van der Waals surface area contributed by atoms with E-state index in [9.17, 15) is 20.0 Å². The molecule has 0 atom stereocenters. The Bertz CT molecular complexity index is 832. The zero-order valence-corrected chi connectivity index (χ0v) is 12.1. The van der Waals surface area contributed by atoms with Gasteiger partial charge in [0.15, 0.2) is 11.5 Å². The number of carboxylic acid groups (broad SMARTS) is 1. The number of nitrogens with one attached hydrogen (secondary N) is 1. The average molecular weight is 328 g/mol. The number of nitrogens with zero attached hydrogens (tertiary/aromatic N) is 2. The maximum Gasteiger partial charge on any atom is 0.282 e. The topological polar surface area (TPSA) is 126 Å². The van der Waals surface area contributed by atoms with Crippen LogP contribution in [0.4, 0.5) is 11.4 Å². The highest BCUT2D eigenvalue weighted by molar-refractivity contribution is 5.88. The molecule has 1 heterocycles. The number of aromatic carboxylic acids is 1. The second-order valence-electron chi connectivity index (χ2n) is 4.76. The van der Waals surface area contributed by atoms with Crippen LogP contribution in [0.3, 0.4) is 0 Å². The van der Waals surface area contributed by atoms with Gasteiger partial charge >= 0.3 is 0 Å². The molecule has 1 aliphatic rings. The van der Waals surface area contributed by atoms with Crippen molar-refractivity contribution in [3.8, 4) is 11.5 Å². The molecule has 2 aromatic carbocycles. The Balaban J connectivity index is 1.79. The molecular formula is C15H10N3O6-. The van der Waals surface area contributed by atoms with E-state index < -0.39 is 10.9 Å². The number of ether oxygens (including phenoxy) is 2. The second kappa shape index (κ2) is 6.24. The summed E-state index contributed by atoms with van der Waals surface area (Å²) in [5.74, 6) is -0.564.